The van der Waals surface area contributed by atoms with E-state index in [9.17, 15) is 9.59 Å². The Kier molecular flexibility index (Phi) is 5.36. The Labute approximate surface area is 209 Å². The van der Waals surface area contributed by atoms with E-state index in [1.165, 1.54) is 22.1 Å². The molecule has 0 bridgehead atoms. The highest BCUT2D eigenvalue weighted by Crippen LogP contribution is 2.33. The number of fused-ring (bicyclic) bond motifs is 4. The van der Waals surface area contributed by atoms with Gasteiger partial charge in [-0.25, -0.2) is 4.79 Å². The molecule has 5 nitrogen and oxygen atoms in total. The predicted molar refractivity (Wildman–Crippen MR) is 144 cm³/mol. The van der Waals surface area contributed by atoms with Crippen LogP contribution in [-0.2, 0) is 4.74 Å². The second kappa shape index (κ2) is 8.83. The Bertz CT molecular complexity index is 1890. The molecule has 1 aromatic heterocycles. The fraction of sp³-hybridized carbons (Fsp3) is 0. The lowest BCUT2D eigenvalue weighted by Gasteiger charge is -2.09. The lowest BCUT2D eigenvalue weighted by molar-refractivity contribution is 0.136. The van der Waals surface area contributed by atoms with Gasteiger partial charge in [0.1, 0.15) is 17.2 Å². The summed E-state index contributed by atoms with van der Waals surface area (Å²) in [4.78, 5) is 24.7. The third-order valence-electron chi connectivity index (χ3n) is 5.91. The van der Waals surface area contributed by atoms with Crippen LogP contribution in [-0.4, -0.2) is 6.16 Å². The first-order valence-corrected chi connectivity index (χ1v) is 12.0. The van der Waals surface area contributed by atoms with E-state index in [1.807, 2.05) is 36.4 Å². The molecule has 36 heavy (non-hydrogen) atoms. The van der Waals surface area contributed by atoms with Crippen LogP contribution >= 0.6 is 11.3 Å². The first-order chi connectivity index (χ1) is 17.6. The van der Waals surface area contributed by atoms with Crippen LogP contribution in [0.25, 0.3) is 41.7 Å². The molecule has 0 unspecified atom stereocenters. The number of benzene rings is 5. The SMILES string of the molecule is C=COC(=O)Oc1ccc2c(=O)c3ccc(Oc4ccc5cc6ccccc6cc5c4)cc3sc2c1. The highest BCUT2D eigenvalue weighted by Gasteiger charge is 2.11. The van der Waals surface area contributed by atoms with Gasteiger partial charge in [0.05, 0.1) is 6.26 Å². The summed E-state index contributed by atoms with van der Waals surface area (Å²) in [6.07, 6.45) is 0.102. The van der Waals surface area contributed by atoms with Gasteiger partial charge in [-0.15, -0.1) is 11.3 Å². The van der Waals surface area contributed by atoms with E-state index in [0.717, 1.165) is 21.7 Å². The minimum absolute atomic E-state index is 0.0944. The zero-order chi connectivity index (χ0) is 24.6. The molecule has 6 aromatic rings. The van der Waals surface area contributed by atoms with Crippen molar-refractivity contribution < 1.29 is 19.0 Å². The third kappa shape index (κ3) is 4.04. The summed E-state index contributed by atoms with van der Waals surface area (Å²) in [5.74, 6) is 1.61. The van der Waals surface area contributed by atoms with Gasteiger partial charge in [0.15, 0.2) is 5.43 Å². The maximum atomic E-state index is 13.1. The summed E-state index contributed by atoms with van der Waals surface area (Å²) in [5.41, 5.74) is -0.0944. The van der Waals surface area contributed by atoms with E-state index in [2.05, 4.69) is 35.6 Å². The molecule has 0 atom stereocenters. The molecule has 5 aromatic carbocycles. The van der Waals surface area contributed by atoms with Crippen molar-refractivity contribution >= 4 is 59.2 Å². The average Bonchev–Trinajstić information content (AvgIpc) is 2.87. The van der Waals surface area contributed by atoms with Gasteiger partial charge in [-0.05, 0) is 82.2 Å². The normalized spacial score (nSPS) is 11.1. The van der Waals surface area contributed by atoms with E-state index in [0.29, 0.717) is 27.0 Å². The summed E-state index contributed by atoms with van der Waals surface area (Å²) >= 11 is 1.42. The highest BCUT2D eigenvalue weighted by atomic mass is 32.1. The number of hydrogen-bond donors (Lipinski definition) is 0. The largest absolute Gasteiger partial charge is 0.518 e. The summed E-state index contributed by atoms with van der Waals surface area (Å²) < 4.78 is 17.4. The second-order valence-electron chi connectivity index (χ2n) is 8.19. The fourth-order valence-corrected chi connectivity index (χ4v) is 5.37. The van der Waals surface area contributed by atoms with Gasteiger partial charge in [-0.2, -0.15) is 0 Å². The lowest BCUT2D eigenvalue weighted by atomic mass is 10.0. The van der Waals surface area contributed by atoms with Crippen molar-refractivity contribution in [3.63, 3.8) is 0 Å². The molecule has 174 valence electrons. The minimum atomic E-state index is -0.892. The van der Waals surface area contributed by atoms with Crippen molar-refractivity contribution in [1.82, 2.24) is 0 Å². The van der Waals surface area contributed by atoms with Crippen LogP contribution in [0.2, 0.25) is 0 Å². The number of carbonyl (C=O) groups excluding carboxylic acids is 1. The molecule has 0 aliphatic rings. The minimum Gasteiger partial charge on any atom is -0.457 e. The van der Waals surface area contributed by atoms with Crippen LogP contribution in [0.5, 0.6) is 17.2 Å². The Balaban J connectivity index is 1.36. The third-order valence-corrected chi connectivity index (χ3v) is 7.02. The van der Waals surface area contributed by atoms with Gasteiger partial charge in [0, 0.05) is 20.2 Å². The molecular formula is C30H18O5S. The molecule has 0 radical (unpaired) electrons. The standard InChI is InChI=1S/C30H18O5S/c1-2-33-30(32)35-24-10-12-26-28(17-24)36-27-16-23(9-11-25(27)29(26)31)34-22-8-7-20-13-18-5-3-4-6-19(18)14-21(20)15-22/h2-17H,1H2. The molecule has 0 spiro atoms. The molecule has 0 N–H and O–H groups in total. The van der Waals surface area contributed by atoms with Gasteiger partial charge >= 0.3 is 6.16 Å². The van der Waals surface area contributed by atoms with E-state index < -0.39 is 6.16 Å². The monoisotopic (exact) mass is 490 g/mol. The van der Waals surface area contributed by atoms with Crippen molar-refractivity contribution in [2.45, 2.75) is 0 Å². The smallest absolute Gasteiger partial charge is 0.457 e. The Morgan fingerprint density at radius 2 is 1.28 bits per heavy atom. The van der Waals surface area contributed by atoms with Crippen LogP contribution in [0.3, 0.4) is 0 Å². The zero-order valence-corrected chi connectivity index (χ0v) is 19.7. The Morgan fingerprint density at radius 1 is 0.694 bits per heavy atom. The average molecular weight is 491 g/mol. The topological polar surface area (TPSA) is 61.8 Å². The fourth-order valence-electron chi connectivity index (χ4n) is 4.25. The van der Waals surface area contributed by atoms with Gasteiger partial charge < -0.3 is 14.2 Å². The molecule has 0 aliphatic carbocycles. The molecular weight excluding hydrogens is 472 g/mol. The zero-order valence-electron chi connectivity index (χ0n) is 18.9. The van der Waals surface area contributed by atoms with Crippen LogP contribution in [0.4, 0.5) is 4.79 Å². The van der Waals surface area contributed by atoms with E-state index >= 15 is 0 Å². The van der Waals surface area contributed by atoms with Crippen molar-refractivity contribution in [1.29, 1.82) is 0 Å². The van der Waals surface area contributed by atoms with E-state index in [1.54, 1.807) is 30.3 Å². The van der Waals surface area contributed by atoms with Crippen LogP contribution in [0.1, 0.15) is 0 Å². The summed E-state index contributed by atoms with van der Waals surface area (Å²) in [6, 6.07) is 28.9. The van der Waals surface area contributed by atoms with Crippen molar-refractivity contribution in [3.8, 4) is 17.2 Å². The molecule has 0 aliphatic heterocycles. The first kappa shape index (κ1) is 21.8. The molecule has 6 heteroatoms. The van der Waals surface area contributed by atoms with Crippen LogP contribution in [0.15, 0.2) is 109 Å². The highest BCUT2D eigenvalue weighted by molar-refractivity contribution is 7.24. The molecule has 0 fully saturated rings. The van der Waals surface area contributed by atoms with Crippen LogP contribution in [0, 0.1) is 0 Å². The molecule has 0 amide bonds. The van der Waals surface area contributed by atoms with E-state index in [4.69, 9.17) is 9.47 Å². The van der Waals surface area contributed by atoms with Crippen molar-refractivity contribution in [2.24, 2.45) is 0 Å². The van der Waals surface area contributed by atoms with Gasteiger partial charge in [-0.1, -0.05) is 36.9 Å². The van der Waals surface area contributed by atoms with Crippen molar-refractivity contribution in [3.05, 3.63) is 114 Å². The maximum Gasteiger partial charge on any atom is 0.518 e. The van der Waals surface area contributed by atoms with Crippen LogP contribution < -0.4 is 14.9 Å². The molecule has 1 heterocycles. The van der Waals surface area contributed by atoms with E-state index in [-0.39, 0.29) is 11.2 Å². The number of rotatable bonds is 4. The molecule has 6 rings (SSSR count). The molecule has 0 saturated heterocycles. The Morgan fingerprint density at radius 3 is 2.00 bits per heavy atom. The maximum absolute atomic E-state index is 13.1. The van der Waals surface area contributed by atoms with Crippen molar-refractivity contribution in [2.75, 3.05) is 0 Å². The number of carbonyl (C=O) groups is 1. The van der Waals surface area contributed by atoms with Gasteiger partial charge in [-0.3, -0.25) is 4.79 Å². The summed E-state index contributed by atoms with van der Waals surface area (Å²) in [7, 11) is 0. The number of hydrogen-bond acceptors (Lipinski definition) is 6. The molecule has 0 saturated carbocycles. The first-order valence-electron chi connectivity index (χ1n) is 11.2. The second-order valence-corrected chi connectivity index (χ2v) is 9.28. The lowest BCUT2D eigenvalue weighted by Crippen LogP contribution is -2.07. The summed E-state index contributed by atoms with van der Waals surface area (Å²) in [6.45, 7) is 3.33. The Hall–Kier alpha value is -4.68. The predicted octanol–water partition coefficient (Wildman–Crippen LogP) is 8.17. The quantitative estimate of drug-likeness (QED) is 0.108. The summed E-state index contributed by atoms with van der Waals surface area (Å²) in [5, 5.41) is 5.74. The van der Waals surface area contributed by atoms with Gasteiger partial charge in [0.2, 0.25) is 0 Å². The van der Waals surface area contributed by atoms with Gasteiger partial charge in [0.25, 0.3) is 0 Å². The number of ether oxygens (including phenoxy) is 3.